The van der Waals surface area contributed by atoms with Crippen LogP contribution in [0.25, 0.3) is 6.08 Å². The number of hydrogen-bond acceptors (Lipinski definition) is 5. The Morgan fingerprint density at radius 3 is 2.30 bits per heavy atom. The molecule has 0 bridgehead atoms. The molecule has 3 aromatic carbocycles. The van der Waals surface area contributed by atoms with Crippen molar-refractivity contribution < 1.29 is 14.3 Å². The summed E-state index contributed by atoms with van der Waals surface area (Å²) in [5, 5.41) is 0. The maximum atomic E-state index is 13.2. The Kier molecular flexibility index (Phi) is 9.52. The first kappa shape index (κ1) is 26.6. The summed E-state index contributed by atoms with van der Waals surface area (Å²) in [6, 6.07) is 27.4. The van der Waals surface area contributed by atoms with Gasteiger partial charge in [0.25, 0.3) is 5.91 Å². The fraction of sp³-hybridized carbons (Fsp3) is 0.233. The maximum Gasteiger partial charge on any atom is 0.266 e. The second kappa shape index (κ2) is 13.2. The molecule has 0 spiro atoms. The predicted octanol–water partition coefficient (Wildman–Crippen LogP) is 6.69. The van der Waals surface area contributed by atoms with Crippen LogP contribution in [0.4, 0.5) is 5.69 Å². The number of anilines is 1. The monoisotopic (exact) mass is 530 g/mol. The van der Waals surface area contributed by atoms with Gasteiger partial charge in [-0.05, 0) is 54.3 Å². The molecule has 37 heavy (non-hydrogen) atoms. The lowest BCUT2D eigenvalue weighted by Gasteiger charge is -2.23. The van der Waals surface area contributed by atoms with Crippen molar-refractivity contribution in [2.24, 2.45) is 0 Å². The van der Waals surface area contributed by atoms with Crippen molar-refractivity contribution in [1.29, 1.82) is 0 Å². The smallest absolute Gasteiger partial charge is 0.266 e. The number of nitrogens with zero attached hydrogens (tertiary/aromatic N) is 2. The van der Waals surface area contributed by atoms with Gasteiger partial charge in [-0.15, -0.1) is 0 Å². The van der Waals surface area contributed by atoms with E-state index in [1.54, 1.807) is 12.0 Å². The maximum absolute atomic E-state index is 13.2. The molecule has 1 saturated heterocycles. The average Bonchev–Trinajstić information content (AvgIpc) is 3.20. The van der Waals surface area contributed by atoms with Crippen molar-refractivity contribution in [3.63, 3.8) is 0 Å². The predicted molar refractivity (Wildman–Crippen MR) is 155 cm³/mol. The zero-order valence-electron chi connectivity index (χ0n) is 20.8. The number of benzene rings is 3. The van der Waals surface area contributed by atoms with Crippen LogP contribution in [0.15, 0.2) is 89.8 Å². The van der Waals surface area contributed by atoms with Crippen LogP contribution in [0.3, 0.4) is 0 Å². The molecule has 0 unspecified atom stereocenters. The number of carbonyl (C=O) groups is 2. The van der Waals surface area contributed by atoms with Crippen LogP contribution in [0, 0.1) is 0 Å². The van der Waals surface area contributed by atoms with Gasteiger partial charge in [0.2, 0.25) is 5.91 Å². The summed E-state index contributed by atoms with van der Waals surface area (Å²) in [6.45, 7) is 1.10. The second-order valence-electron chi connectivity index (χ2n) is 8.72. The van der Waals surface area contributed by atoms with Crippen molar-refractivity contribution in [1.82, 2.24) is 4.90 Å². The highest BCUT2D eigenvalue weighted by molar-refractivity contribution is 8.26. The van der Waals surface area contributed by atoms with Crippen molar-refractivity contribution in [2.45, 2.75) is 32.2 Å². The van der Waals surface area contributed by atoms with Crippen molar-refractivity contribution >= 4 is 51.9 Å². The number of methoxy groups -OCH3 is 1. The van der Waals surface area contributed by atoms with Gasteiger partial charge in [-0.1, -0.05) is 91.1 Å². The Labute approximate surface area is 228 Å². The van der Waals surface area contributed by atoms with E-state index >= 15 is 0 Å². The van der Waals surface area contributed by atoms with E-state index in [2.05, 4.69) is 0 Å². The molecule has 0 aliphatic carbocycles. The Balaban J connectivity index is 1.27. The molecule has 3 aromatic rings. The van der Waals surface area contributed by atoms with Crippen LogP contribution >= 0.6 is 24.0 Å². The molecule has 0 atom stereocenters. The van der Waals surface area contributed by atoms with Crippen LogP contribution in [-0.2, 0) is 16.1 Å². The first-order chi connectivity index (χ1) is 18.0. The van der Waals surface area contributed by atoms with E-state index in [4.69, 9.17) is 17.0 Å². The molecule has 5 nitrogen and oxygen atoms in total. The third kappa shape index (κ3) is 7.31. The molecular weight excluding hydrogens is 500 g/mol. The van der Waals surface area contributed by atoms with Crippen molar-refractivity contribution in [3.8, 4) is 5.75 Å². The highest BCUT2D eigenvalue weighted by Gasteiger charge is 2.31. The number of amides is 2. The zero-order valence-corrected chi connectivity index (χ0v) is 22.5. The van der Waals surface area contributed by atoms with Gasteiger partial charge in [0.1, 0.15) is 10.1 Å². The summed E-state index contributed by atoms with van der Waals surface area (Å²) in [6.07, 6.45) is 4.71. The van der Waals surface area contributed by atoms with Gasteiger partial charge in [0, 0.05) is 18.7 Å². The molecule has 1 fully saturated rings. The first-order valence-corrected chi connectivity index (χ1v) is 13.6. The number of ether oxygens (including phenoxy) is 1. The van der Waals surface area contributed by atoms with E-state index in [-0.39, 0.29) is 11.8 Å². The molecule has 0 radical (unpaired) electrons. The highest BCUT2D eigenvalue weighted by Crippen LogP contribution is 2.33. The molecule has 1 aliphatic rings. The summed E-state index contributed by atoms with van der Waals surface area (Å²) >= 11 is 6.80. The van der Waals surface area contributed by atoms with Crippen LogP contribution in [0.2, 0.25) is 0 Å². The largest absolute Gasteiger partial charge is 0.497 e. The van der Waals surface area contributed by atoms with Crippen molar-refractivity contribution in [3.05, 3.63) is 101 Å². The molecule has 7 heteroatoms. The molecule has 0 N–H and O–H groups in total. The van der Waals surface area contributed by atoms with Gasteiger partial charge in [0.15, 0.2) is 0 Å². The molecular formula is C30H30N2O3S2. The minimum Gasteiger partial charge on any atom is -0.497 e. The minimum atomic E-state index is -0.0555. The lowest BCUT2D eigenvalue weighted by Crippen LogP contribution is -2.30. The van der Waals surface area contributed by atoms with Crippen molar-refractivity contribution in [2.75, 3.05) is 18.6 Å². The second-order valence-corrected chi connectivity index (χ2v) is 10.4. The summed E-state index contributed by atoms with van der Waals surface area (Å²) in [4.78, 5) is 30.2. The lowest BCUT2D eigenvalue weighted by molar-refractivity contribution is -0.122. The van der Waals surface area contributed by atoms with E-state index in [9.17, 15) is 9.59 Å². The lowest BCUT2D eigenvalue weighted by atomic mass is 10.1. The number of carbonyl (C=O) groups excluding carboxylic acids is 2. The molecule has 190 valence electrons. The standard InChI is InChI=1S/C30H30N2O3S2/c1-35-26-18-16-23(17-19-26)21-27-29(34)31(30(36)37-27)20-10-4-9-15-28(33)32(25-13-7-3-8-14-25)22-24-11-5-2-6-12-24/h2-3,5-8,11-14,16-19,21H,4,9-10,15,20,22H2,1H3/b27-21-. The van der Waals surface area contributed by atoms with Gasteiger partial charge >= 0.3 is 0 Å². The van der Waals surface area contributed by atoms with E-state index in [0.717, 1.165) is 41.8 Å². The fourth-order valence-electron chi connectivity index (χ4n) is 4.10. The van der Waals surface area contributed by atoms with Gasteiger partial charge in [0.05, 0.1) is 18.6 Å². The number of unbranched alkanes of at least 4 members (excludes halogenated alkanes) is 2. The first-order valence-electron chi connectivity index (χ1n) is 12.3. The van der Waals surface area contributed by atoms with E-state index in [1.165, 1.54) is 11.8 Å². The highest BCUT2D eigenvalue weighted by atomic mass is 32.2. The molecule has 1 heterocycles. The zero-order chi connectivity index (χ0) is 26.0. The number of rotatable bonds is 11. The molecule has 0 saturated carbocycles. The van der Waals surface area contributed by atoms with E-state index < -0.39 is 0 Å². The normalized spacial score (nSPS) is 14.3. The van der Waals surface area contributed by atoms with Crippen LogP contribution in [-0.4, -0.2) is 34.7 Å². The molecule has 2 amide bonds. The minimum absolute atomic E-state index is 0.0555. The molecule has 0 aromatic heterocycles. The fourth-order valence-corrected chi connectivity index (χ4v) is 5.41. The summed E-state index contributed by atoms with van der Waals surface area (Å²) in [7, 11) is 1.63. The third-order valence-corrected chi connectivity index (χ3v) is 7.49. The Morgan fingerprint density at radius 1 is 0.946 bits per heavy atom. The van der Waals surface area contributed by atoms with Gasteiger partial charge in [-0.25, -0.2) is 0 Å². The topological polar surface area (TPSA) is 49.9 Å². The van der Waals surface area contributed by atoms with Crippen LogP contribution < -0.4 is 9.64 Å². The van der Waals surface area contributed by atoms with Gasteiger partial charge in [-0.2, -0.15) is 0 Å². The summed E-state index contributed by atoms with van der Waals surface area (Å²) < 4.78 is 5.77. The Bertz CT molecular complexity index is 1240. The number of thioether (sulfide) groups is 1. The third-order valence-electron chi connectivity index (χ3n) is 6.11. The van der Waals surface area contributed by atoms with Crippen LogP contribution in [0.5, 0.6) is 5.75 Å². The van der Waals surface area contributed by atoms with Gasteiger partial charge < -0.3 is 9.64 Å². The molecule has 4 rings (SSSR count). The summed E-state index contributed by atoms with van der Waals surface area (Å²) in [5.41, 5.74) is 2.92. The number of hydrogen-bond donors (Lipinski definition) is 0. The quantitative estimate of drug-likeness (QED) is 0.157. The Morgan fingerprint density at radius 2 is 1.62 bits per heavy atom. The number of para-hydroxylation sites is 1. The SMILES string of the molecule is COc1ccc(/C=C2\SC(=S)N(CCCCCC(=O)N(Cc3ccccc3)c3ccccc3)C2=O)cc1. The van der Waals surface area contributed by atoms with E-state index in [0.29, 0.717) is 28.7 Å². The number of thiocarbonyl (C=S) groups is 1. The Hall–Kier alpha value is -3.42. The van der Waals surface area contributed by atoms with Gasteiger partial charge in [-0.3, -0.25) is 14.5 Å². The summed E-state index contributed by atoms with van der Waals surface area (Å²) in [5.74, 6) is 0.818. The van der Waals surface area contributed by atoms with E-state index in [1.807, 2.05) is 95.9 Å². The van der Waals surface area contributed by atoms with Crippen LogP contribution in [0.1, 0.15) is 36.8 Å². The average molecular weight is 531 g/mol. The molecule has 1 aliphatic heterocycles.